The topological polar surface area (TPSA) is 75.6 Å². The van der Waals surface area contributed by atoms with E-state index in [-0.39, 0.29) is 23.3 Å². The summed E-state index contributed by atoms with van der Waals surface area (Å²) in [7, 11) is 0. The van der Waals surface area contributed by atoms with Gasteiger partial charge in [-0.3, -0.25) is 9.59 Å². The lowest BCUT2D eigenvalue weighted by Crippen LogP contribution is -2.41. The van der Waals surface area contributed by atoms with E-state index in [1.807, 2.05) is 13.8 Å². The van der Waals surface area contributed by atoms with Crippen LogP contribution in [-0.2, 0) is 14.3 Å². The Morgan fingerprint density at radius 3 is 2.08 bits per heavy atom. The van der Waals surface area contributed by atoms with Gasteiger partial charge in [-0.1, -0.05) is 27.7 Å². The van der Waals surface area contributed by atoms with Crippen molar-refractivity contribution in [3.05, 3.63) is 0 Å². The maximum absolute atomic E-state index is 12.0. The van der Waals surface area contributed by atoms with Crippen molar-refractivity contribution in [1.82, 2.24) is 5.32 Å². The molecule has 0 rings (SSSR count). The van der Waals surface area contributed by atoms with Gasteiger partial charge in [-0.15, -0.1) is 0 Å². The Hall–Kier alpha value is -1.10. The first-order valence-electron chi connectivity index (χ1n) is 9.06. The van der Waals surface area contributed by atoms with Gasteiger partial charge >= 0.3 is 5.97 Å². The molecule has 0 heterocycles. The molecule has 0 aromatic rings. The quantitative estimate of drug-likeness (QED) is 0.530. The van der Waals surface area contributed by atoms with Crippen molar-refractivity contribution in [2.24, 2.45) is 11.3 Å². The van der Waals surface area contributed by atoms with Crippen LogP contribution in [0, 0.1) is 11.3 Å². The highest BCUT2D eigenvalue weighted by atomic mass is 16.5. The van der Waals surface area contributed by atoms with Gasteiger partial charge in [-0.25, -0.2) is 0 Å². The van der Waals surface area contributed by atoms with Gasteiger partial charge in [0.15, 0.2) is 0 Å². The average Bonchev–Trinajstić information content (AvgIpc) is 2.42. The van der Waals surface area contributed by atoms with Crippen LogP contribution in [-0.4, -0.2) is 35.7 Å². The van der Waals surface area contributed by atoms with Gasteiger partial charge in [0, 0.05) is 26.0 Å². The molecule has 0 fully saturated rings. The zero-order chi connectivity index (χ0) is 18.8. The second kappa shape index (κ2) is 10.7. The van der Waals surface area contributed by atoms with Crippen molar-refractivity contribution in [3.8, 4) is 0 Å². The summed E-state index contributed by atoms with van der Waals surface area (Å²) in [6.45, 7) is 13.7. The Bertz CT molecular complexity index is 389. The predicted octanol–water partition coefficient (Wildman–Crippen LogP) is 4.01. The fourth-order valence-corrected chi connectivity index (χ4v) is 2.41. The highest BCUT2D eigenvalue weighted by molar-refractivity contribution is 5.75. The van der Waals surface area contributed by atoms with Crippen LogP contribution in [0.3, 0.4) is 0 Å². The second-order valence-electron chi connectivity index (χ2n) is 8.51. The normalized spacial score (nSPS) is 12.5. The van der Waals surface area contributed by atoms with E-state index in [0.717, 1.165) is 19.3 Å². The average molecular weight is 344 g/mol. The van der Waals surface area contributed by atoms with Gasteiger partial charge in [0.2, 0.25) is 5.91 Å². The SMILES string of the molecule is CC(C)COC(C)(C)CNC(=O)CCCC(C)(C)CCCC(=O)O. The van der Waals surface area contributed by atoms with Gasteiger partial charge in [0.05, 0.1) is 5.60 Å². The number of ether oxygens (including phenoxy) is 1. The molecule has 0 unspecified atom stereocenters. The number of hydrogen-bond acceptors (Lipinski definition) is 3. The number of carbonyl (C=O) groups is 2. The van der Waals surface area contributed by atoms with E-state index in [1.165, 1.54) is 0 Å². The minimum Gasteiger partial charge on any atom is -0.481 e. The van der Waals surface area contributed by atoms with Gasteiger partial charge in [-0.05, 0) is 50.9 Å². The molecular formula is C19H37NO4. The Morgan fingerprint density at radius 1 is 1.04 bits per heavy atom. The van der Waals surface area contributed by atoms with E-state index in [0.29, 0.717) is 31.9 Å². The third kappa shape index (κ3) is 13.3. The lowest BCUT2D eigenvalue weighted by atomic mass is 9.82. The highest BCUT2D eigenvalue weighted by Gasteiger charge is 2.21. The minimum absolute atomic E-state index is 0.0533. The van der Waals surface area contributed by atoms with Crippen LogP contribution in [0.25, 0.3) is 0 Å². The fourth-order valence-electron chi connectivity index (χ4n) is 2.41. The minimum atomic E-state index is -0.743. The van der Waals surface area contributed by atoms with Gasteiger partial charge in [0.25, 0.3) is 0 Å². The standard InChI is InChI=1S/C19H37NO4/c1-15(2)13-24-19(5,6)14-20-16(21)9-7-11-18(3,4)12-8-10-17(22)23/h15H,7-14H2,1-6H3,(H,20,21)(H,22,23). The molecule has 0 atom stereocenters. The number of nitrogens with one attached hydrogen (secondary N) is 1. The number of carboxylic acid groups (broad SMARTS) is 1. The van der Waals surface area contributed by atoms with Crippen molar-refractivity contribution in [2.45, 2.75) is 85.7 Å². The molecule has 5 heteroatoms. The van der Waals surface area contributed by atoms with Crippen molar-refractivity contribution in [2.75, 3.05) is 13.2 Å². The van der Waals surface area contributed by atoms with Crippen LogP contribution < -0.4 is 5.32 Å². The smallest absolute Gasteiger partial charge is 0.303 e. The molecule has 142 valence electrons. The first kappa shape index (κ1) is 22.9. The van der Waals surface area contributed by atoms with Gasteiger partial charge in [-0.2, -0.15) is 0 Å². The second-order valence-corrected chi connectivity index (χ2v) is 8.51. The zero-order valence-corrected chi connectivity index (χ0v) is 16.4. The largest absolute Gasteiger partial charge is 0.481 e. The summed E-state index contributed by atoms with van der Waals surface area (Å²) in [4.78, 5) is 22.5. The summed E-state index contributed by atoms with van der Waals surface area (Å²) in [5, 5.41) is 11.6. The Morgan fingerprint density at radius 2 is 1.58 bits per heavy atom. The monoisotopic (exact) mass is 343 g/mol. The molecule has 0 aromatic carbocycles. The number of aliphatic carboxylic acids is 1. The molecule has 0 saturated carbocycles. The van der Waals surface area contributed by atoms with E-state index in [1.54, 1.807) is 0 Å². The van der Waals surface area contributed by atoms with E-state index in [2.05, 4.69) is 33.0 Å². The number of carboxylic acids is 1. The third-order valence-electron chi connectivity index (χ3n) is 4.02. The van der Waals surface area contributed by atoms with Crippen LogP contribution >= 0.6 is 0 Å². The summed E-state index contributed by atoms with van der Waals surface area (Å²) in [5.41, 5.74) is -0.272. The molecule has 0 aliphatic heterocycles. The van der Waals surface area contributed by atoms with Gasteiger partial charge in [0.1, 0.15) is 0 Å². The van der Waals surface area contributed by atoms with Crippen LogP contribution in [0.2, 0.25) is 0 Å². The molecule has 0 spiro atoms. The molecular weight excluding hydrogens is 306 g/mol. The molecule has 0 saturated heterocycles. The summed E-state index contributed by atoms with van der Waals surface area (Å²) in [5.74, 6) is -0.214. The van der Waals surface area contributed by atoms with Crippen molar-refractivity contribution < 1.29 is 19.4 Å². The number of rotatable bonds is 13. The maximum atomic E-state index is 12.0. The first-order chi connectivity index (χ1) is 10.9. The summed E-state index contributed by atoms with van der Waals surface area (Å²) < 4.78 is 5.80. The van der Waals surface area contributed by atoms with E-state index >= 15 is 0 Å². The first-order valence-corrected chi connectivity index (χ1v) is 9.06. The molecule has 2 N–H and O–H groups in total. The third-order valence-corrected chi connectivity index (χ3v) is 4.02. The summed E-state index contributed by atoms with van der Waals surface area (Å²) >= 11 is 0. The molecule has 0 bridgehead atoms. The number of carbonyl (C=O) groups excluding carboxylic acids is 1. The van der Waals surface area contributed by atoms with Crippen molar-refractivity contribution in [1.29, 1.82) is 0 Å². The van der Waals surface area contributed by atoms with Crippen LogP contribution in [0.1, 0.15) is 80.1 Å². The van der Waals surface area contributed by atoms with Crippen LogP contribution in [0.5, 0.6) is 0 Å². The molecule has 0 aliphatic rings. The zero-order valence-electron chi connectivity index (χ0n) is 16.4. The maximum Gasteiger partial charge on any atom is 0.303 e. The van der Waals surface area contributed by atoms with Crippen molar-refractivity contribution >= 4 is 11.9 Å². The molecule has 0 radical (unpaired) electrons. The molecule has 1 amide bonds. The van der Waals surface area contributed by atoms with E-state index < -0.39 is 5.97 Å². The molecule has 5 nitrogen and oxygen atoms in total. The molecule has 24 heavy (non-hydrogen) atoms. The Balaban J connectivity index is 3.94. The Labute approximate surface area is 147 Å². The number of amides is 1. The van der Waals surface area contributed by atoms with Crippen LogP contribution in [0.15, 0.2) is 0 Å². The number of hydrogen-bond donors (Lipinski definition) is 2. The fraction of sp³-hybridized carbons (Fsp3) is 0.895. The predicted molar refractivity (Wildman–Crippen MR) is 97.0 cm³/mol. The van der Waals surface area contributed by atoms with Gasteiger partial charge < -0.3 is 15.2 Å². The molecule has 0 aliphatic carbocycles. The summed E-state index contributed by atoms with van der Waals surface area (Å²) in [6, 6.07) is 0. The van der Waals surface area contributed by atoms with E-state index in [4.69, 9.17) is 9.84 Å². The lowest BCUT2D eigenvalue weighted by Gasteiger charge is -2.27. The highest BCUT2D eigenvalue weighted by Crippen LogP contribution is 2.29. The Kier molecular flexibility index (Phi) is 10.2. The lowest BCUT2D eigenvalue weighted by molar-refractivity contribution is -0.137. The molecule has 0 aromatic heterocycles. The van der Waals surface area contributed by atoms with E-state index in [9.17, 15) is 9.59 Å². The summed E-state index contributed by atoms with van der Waals surface area (Å²) in [6.07, 6.45) is 4.03. The van der Waals surface area contributed by atoms with Crippen LogP contribution in [0.4, 0.5) is 0 Å². The van der Waals surface area contributed by atoms with Crippen molar-refractivity contribution in [3.63, 3.8) is 0 Å².